The number of allylic oxidation sites excluding steroid dienone is 2. The number of nitrogens with zero attached hydrogens (tertiary/aromatic N) is 1. The van der Waals surface area contributed by atoms with Gasteiger partial charge in [0.05, 0.1) is 0 Å². The van der Waals surface area contributed by atoms with E-state index in [0.29, 0.717) is 0 Å². The molecule has 2 nitrogen and oxygen atoms in total. The molecular weight excluding hydrogens is 196 g/mol. The summed E-state index contributed by atoms with van der Waals surface area (Å²) in [5.41, 5.74) is 1.13. The second-order valence-electron chi connectivity index (χ2n) is 5.02. The first kappa shape index (κ1) is 11.7. The minimum Gasteiger partial charge on any atom is -0.366 e. The highest BCUT2D eigenvalue weighted by molar-refractivity contribution is 5.03. The quantitative estimate of drug-likeness (QED) is 0.675. The fourth-order valence-corrected chi connectivity index (χ4v) is 2.80. The number of fused-ring (bicyclic) bond motifs is 1. The van der Waals surface area contributed by atoms with Gasteiger partial charge in [-0.2, -0.15) is 0 Å². The first-order valence-corrected chi connectivity index (χ1v) is 6.69. The maximum atomic E-state index is 3.75. The molecule has 0 aromatic carbocycles. The predicted octanol–water partition coefficient (Wildman–Crippen LogP) is 3.03. The molecule has 0 spiro atoms. The third-order valence-corrected chi connectivity index (χ3v) is 3.75. The van der Waals surface area contributed by atoms with Gasteiger partial charge in [-0.05, 0) is 57.8 Å². The molecule has 2 saturated heterocycles. The Kier molecular flexibility index (Phi) is 4.46. The number of nitrogens with one attached hydrogen (secondary N) is 1. The molecule has 1 N–H and O–H groups in total. The van der Waals surface area contributed by atoms with E-state index in [4.69, 9.17) is 0 Å². The molecule has 16 heavy (non-hydrogen) atoms. The van der Waals surface area contributed by atoms with Gasteiger partial charge in [0, 0.05) is 11.7 Å². The Labute approximate surface area is 99.4 Å². The van der Waals surface area contributed by atoms with Gasteiger partial charge in [0.15, 0.2) is 0 Å². The minimum absolute atomic E-state index is 0.999. The number of piperidine rings is 1. The zero-order valence-corrected chi connectivity index (χ0v) is 10.3. The molecule has 2 heteroatoms. The lowest BCUT2D eigenvalue weighted by Gasteiger charge is -2.28. The zero-order valence-electron chi connectivity index (χ0n) is 10.3. The molecule has 0 aromatic heterocycles. The second-order valence-corrected chi connectivity index (χ2v) is 5.02. The molecule has 3 rings (SSSR count). The fraction of sp³-hybridized carbons (Fsp3) is 0.714. The maximum Gasteiger partial charge on any atom is 0.00957 e. The molecule has 0 aromatic rings. The molecule has 1 unspecified atom stereocenters. The van der Waals surface area contributed by atoms with Crippen molar-refractivity contribution in [2.45, 2.75) is 51.0 Å². The van der Waals surface area contributed by atoms with Crippen molar-refractivity contribution in [1.29, 1.82) is 0 Å². The van der Waals surface area contributed by atoms with Gasteiger partial charge in [0.25, 0.3) is 0 Å². The molecule has 3 aliphatic rings. The molecule has 90 valence electrons. The van der Waals surface area contributed by atoms with E-state index in [1.165, 1.54) is 45.2 Å². The first-order chi connectivity index (χ1) is 7.86. The van der Waals surface area contributed by atoms with Crippen LogP contribution in [-0.2, 0) is 0 Å². The fourth-order valence-electron chi connectivity index (χ4n) is 2.80. The van der Waals surface area contributed by atoms with Crippen molar-refractivity contribution in [3.8, 4) is 0 Å². The summed E-state index contributed by atoms with van der Waals surface area (Å²) in [6, 6.07) is 0.999. The Balaban J connectivity index is 0.000000125. The van der Waals surface area contributed by atoms with Crippen LogP contribution in [0.2, 0.25) is 0 Å². The molecule has 0 bridgehead atoms. The van der Waals surface area contributed by atoms with Gasteiger partial charge in [-0.1, -0.05) is 19.1 Å². The topological polar surface area (TPSA) is 15.3 Å². The van der Waals surface area contributed by atoms with Gasteiger partial charge in [0.2, 0.25) is 0 Å². The van der Waals surface area contributed by atoms with Crippen LogP contribution in [0.3, 0.4) is 0 Å². The lowest BCUT2D eigenvalue weighted by Crippen LogP contribution is -2.33. The van der Waals surface area contributed by atoms with Gasteiger partial charge in [0.1, 0.15) is 0 Å². The smallest absolute Gasteiger partial charge is 0.00957 e. The van der Waals surface area contributed by atoms with Crippen LogP contribution < -0.4 is 5.32 Å². The molecule has 1 atom stereocenters. The standard InChI is InChI=1S/C8H15N.C6H9N/c1-2-6-9-7-3-5-8(9)4-1;1-6-4-2-3-5-7-6/h8H,1-7H2;3,5,7H,1-2,4H2. The van der Waals surface area contributed by atoms with Crippen molar-refractivity contribution in [3.05, 3.63) is 24.6 Å². The second kappa shape index (κ2) is 6.09. The SMILES string of the molecule is C1CCN2CCCC2C1.C=C1CCC=CN1. The Morgan fingerprint density at radius 2 is 2.00 bits per heavy atom. The molecular formula is C14H24N2. The molecule has 0 radical (unpaired) electrons. The van der Waals surface area contributed by atoms with E-state index >= 15 is 0 Å². The predicted molar refractivity (Wildman–Crippen MR) is 69.1 cm³/mol. The van der Waals surface area contributed by atoms with Crippen molar-refractivity contribution < 1.29 is 0 Å². The lowest BCUT2D eigenvalue weighted by molar-refractivity contribution is 0.198. The Morgan fingerprint density at radius 3 is 2.62 bits per heavy atom. The lowest BCUT2D eigenvalue weighted by atomic mass is 10.0. The van der Waals surface area contributed by atoms with E-state index in [1.807, 2.05) is 6.20 Å². The molecule has 3 heterocycles. The van der Waals surface area contributed by atoms with Gasteiger partial charge in [-0.15, -0.1) is 0 Å². The highest BCUT2D eigenvalue weighted by Gasteiger charge is 2.25. The minimum atomic E-state index is 0.999. The summed E-state index contributed by atoms with van der Waals surface area (Å²) >= 11 is 0. The van der Waals surface area contributed by atoms with E-state index in [-0.39, 0.29) is 0 Å². The van der Waals surface area contributed by atoms with Gasteiger partial charge < -0.3 is 10.2 Å². The Bertz CT molecular complexity index is 245. The summed E-state index contributed by atoms with van der Waals surface area (Å²) in [6.07, 6.45) is 13.7. The summed E-state index contributed by atoms with van der Waals surface area (Å²) < 4.78 is 0. The summed E-state index contributed by atoms with van der Waals surface area (Å²) in [5.74, 6) is 0. The zero-order chi connectivity index (χ0) is 11.2. The largest absolute Gasteiger partial charge is 0.366 e. The van der Waals surface area contributed by atoms with E-state index in [0.717, 1.165) is 24.6 Å². The van der Waals surface area contributed by atoms with E-state index in [9.17, 15) is 0 Å². The highest BCUT2D eigenvalue weighted by Crippen LogP contribution is 2.25. The molecule has 2 fully saturated rings. The average molecular weight is 220 g/mol. The van der Waals surface area contributed by atoms with E-state index in [1.54, 1.807) is 0 Å². The van der Waals surface area contributed by atoms with Crippen LogP contribution in [-0.4, -0.2) is 24.0 Å². The van der Waals surface area contributed by atoms with Crippen LogP contribution >= 0.6 is 0 Å². The van der Waals surface area contributed by atoms with Crippen molar-refractivity contribution >= 4 is 0 Å². The maximum absolute atomic E-state index is 3.75. The normalized spacial score (nSPS) is 29.0. The van der Waals surface area contributed by atoms with Crippen LogP contribution in [0, 0.1) is 0 Å². The molecule has 3 aliphatic heterocycles. The van der Waals surface area contributed by atoms with Crippen LogP contribution in [0.25, 0.3) is 0 Å². The van der Waals surface area contributed by atoms with Gasteiger partial charge in [-0.3, -0.25) is 0 Å². The van der Waals surface area contributed by atoms with Crippen molar-refractivity contribution in [2.24, 2.45) is 0 Å². The Hall–Kier alpha value is -0.760. The highest BCUT2D eigenvalue weighted by atomic mass is 15.2. The monoisotopic (exact) mass is 220 g/mol. The number of rotatable bonds is 0. The third kappa shape index (κ3) is 3.38. The van der Waals surface area contributed by atoms with Crippen LogP contribution in [0.1, 0.15) is 44.9 Å². The summed E-state index contributed by atoms with van der Waals surface area (Å²) in [7, 11) is 0. The molecule has 0 aliphatic carbocycles. The van der Waals surface area contributed by atoms with Crippen LogP contribution in [0.15, 0.2) is 24.6 Å². The molecule has 0 saturated carbocycles. The van der Waals surface area contributed by atoms with Crippen molar-refractivity contribution in [3.63, 3.8) is 0 Å². The average Bonchev–Trinajstić information content (AvgIpc) is 2.79. The van der Waals surface area contributed by atoms with Crippen molar-refractivity contribution in [1.82, 2.24) is 10.2 Å². The first-order valence-electron chi connectivity index (χ1n) is 6.69. The van der Waals surface area contributed by atoms with Crippen LogP contribution in [0.5, 0.6) is 0 Å². The number of hydrogen-bond donors (Lipinski definition) is 1. The van der Waals surface area contributed by atoms with E-state index < -0.39 is 0 Å². The Morgan fingerprint density at radius 1 is 1.19 bits per heavy atom. The van der Waals surface area contributed by atoms with Crippen molar-refractivity contribution in [2.75, 3.05) is 13.1 Å². The number of hydrogen-bond acceptors (Lipinski definition) is 2. The summed E-state index contributed by atoms with van der Waals surface area (Å²) in [5, 5.41) is 3.01. The van der Waals surface area contributed by atoms with Crippen LogP contribution in [0.4, 0.5) is 0 Å². The summed E-state index contributed by atoms with van der Waals surface area (Å²) in [6.45, 7) is 6.54. The molecule has 0 amide bonds. The van der Waals surface area contributed by atoms with Gasteiger partial charge >= 0.3 is 0 Å². The summed E-state index contributed by atoms with van der Waals surface area (Å²) in [4.78, 5) is 2.67. The third-order valence-electron chi connectivity index (χ3n) is 3.75. The van der Waals surface area contributed by atoms with E-state index in [2.05, 4.69) is 22.9 Å². The van der Waals surface area contributed by atoms with Gasteiger partial charge in [-0.25, -0.2) is 0 Å².